The largest absolute Gasteiger partial charge is 0.398 e. The van der Waals surface area contributed by atoms with Crippen LogP contribution in [0, 0.1) is 6.92 Å². The Hall–Kier alpha value is -1.18. The molecule has 0 atom stereocenters. The summed E-state index contributed by atoms with van der Waals surface area (Å²) < 4.78 is 0. The summed E-state index contributed by atoms with van der Waals surface area (Å²) in [7, 11) is 0. The van der Waals surface area contributed by atoms with Gasteiger partial charge in [-0.25, -0.2) is 0 Å². The second-order valence-corrected chi connectivity index (χ2v) is 4.49. The Morgan fingerprint density at radius 1 is 1.00 bits per heavy atom. The Morgan fingerprint density at radius 2 is 1.75 bits per heavy atom. The van der Waals surface area contributed by atoms with E-state index in [2.05, 4.69) is 0 Å². The van der Waals surface area contributed by atoms with Crippen LogP contribution >= 0.6 is 23.2 Å². The van der Waals surface area contributed by atoms with Crippen LogP contribution in [0.25, 0.3) is 11.1 Å². The van der Waals surface area contributed by atoms with Crippen molar-refractivity contribution in [1.82, 2.24) is 0 Å². The van der Waals surface area contributed by atoms with Crippen LogP contribution in [0.2, 0.25) is 10.0 Å². The standard InChI is InChI=1S/C13H11Cl2N/c1-8-10(3-2-4-13(8)16)11-6-5-9(14)7-12(11)15/h2-7H,16H2,1H3. The highest BCUT2D eigenvalue weighted by Gasteiger charge is 2.08. The van der Waals surface area contributed by atoms with Gasteiger partial charge in [-0.05, 0) is 36.2 Å². The molecule has 0 radical (unpaired) electrons. The highest BCUT2D eigenvalue weighted by atomic mass is 35.5. The van der Waals surface area contributed by atoms with E-state index in [-0.39, 0.29) is 0 Å². The van der Waals surface area contributed by atoms with Crippen LogP contribution in [0.1, 0.15) is 5.56 Å². The smallest absolute Gasteiger partial charge is 0.0499 e. The Morgan fingerprint density at radius 3 is 2.44 bits per heavy atom. The van der Waals surface area contributed by atoms with Crippen molar-refractivity contribution in [2.75, 3.05) is 5.73 Å². The Balaban J connectivity index is 2.63. The molecule has 82 valence electrons. The zero-order valence-electron chi connectivity index (χ0n) is 8.80. The van der Waals surface area contributed by atoms with Gasteiger partial charge >= 0.3 is 0 Å². The van der Waals surface area contributed by atoms with Gasteiger partial charge in [0.1, 0.15) is 0 Å². The van der Waals surface area contributed by atoms with Gasteiger partial charge in [0.15, 0.2) is 0 Å². The maximum absolute atomic E-state index is 6.16. The van der Waals surface area contributed by atoms with Crippen molar-refractivity contribution in [2.24, 2.45) is 0 Å². The SMILES string of the molecule is Cc1c(N)cccc1-c1ccc(Cl)cc1Cl. The Kier molecular flexibility index (Phi) is 3.08. The van der Waals surface area contributed by atoms with Crippen molar-refractivity contribution in [3.05, 3.63) is 52.0 Å². The normalized spacial score (nSPS) is 10.4. The summed E-state index contributed by atoms with van der Waals surface area (Å²) in [5.41, 5.74) is 9.67. The maximum Gasteiger partial charge on any atom is 0.0499 e. The monoisotopic (exact) mass is 251 g/mol. The minimum Gasteiger partial charge on any atom is -0.398 e. The summed E-state index contributed by atoms with van der Waals surface area (Å²) in [6.45, 7) is 1.98. The van der Waals surface area contributed by atoms with E-state index in [0.29, 0.717) is 10.0 Å². The molecule has 2 rings (SSSR count). The van der Waals surface area contributed by atoms with Crippen molar-refractivity contribution in [3.8, 4) is 11.1 Å². The first-order chi connectivity index (χ1) is 7.59. The van der Waals surface area contributed by atoms with Crippen molar-refractivity contribution in [1.29, 1.82) is 0 Å². The molecule has 0 aliphatic rings. The van der Waals surface area contributed by atoms with Crippen LogP contribution in [0.5, 0.6) is 0 Å². The van der Waals surface area contributed by atoms with E-state index in [1.807, 2.05) is 37.3 Å². The van der Waals surface area contributed by atoms with Gasteiger partial charge in [-0.2, -0.15) is 0 Å². The van der Waals surface area contributed by atoms with Crippen LogP contribution in [-0.2, 0) is 0 Å². The molecule has 2 aromatic rings. The summed E-state index contributed by atoms with van der Waals surface area (Å²) in [6.07, 6.45) is 0. The molecular formula is C13H11Cl2N. The van der Waals surface area contributed by atoms with Gasteiger partial charge in [0, 0.05) is 21.3 Å². The number of hydrogen-bond acceptors (Lipinski definition) is 1. The number of nitrogens with two attached hydrogens (primary N) is 1. The lowest BCUT2D eigenvalue weighted by Crippen LogP contribution is -1.92. The second-order valence-electron chi connectivity index (χ2n) is 3.64. The summed E-state index contributed by atoms with van der Waals surface area (Å²) in [5, 5.41) is 1.27. The van der Waals surface area contributed by atoms with Gasteiger partial charge in [-0.15, -0.1) is 0 Å². The van der Waals surface area contributed by atoms with Crippen molar-refractivity contribution in [2.45, 2.75) is 6.92 Å². The molecule has 3 heteroatoms. The molecular weight excluding hydrogens is 241 g/mol. The van der Waals surface area contributed by atoms with E-state index in [1.165, 1.54) is 0 Å². The number of nitrogen functional groups attached to an aromatic ring is 1. The Labute approximate surface area is 105 Å². The molecule has 0 unspecified atom stereocenters. The number of hydrogen-bond donors (Lipinski definition) is 1. The summed E-state index contributed by atoms with van der Waals surface area (Å²) in [5.74, 6) is 0. The average Bonchev–Trinajstić information content (AvgIpc) is 2.23. The maximum atomic E-state index is 6.16. The van der Waals surface area contributed by atoms with Crippen molar-refractivity contribution >= 4 is 28.9 Å². The molecule has 0 aliphatic heterocycles. The molecule has 2 N–H and O–H groups in total. The van der Waals surface area contributed by atoms with Gasteiger partial charge < -0.3 is 5.73 Å². The van der Waals surface area contributed by atoms with Crippen LogP contribution in [0.15, 0.2) is 36.4 Å². The molecule has 16 heavy (non-hydrogen) atoms. The van der Waals surface area contributed by atoms with Gasteiger partial charge in [0.25, 0.3) is 0 Å². The molecule has 0 aromatic heterocycles. The average molecular weight is 252 g/mol. The summed E-state index contributed by atoms with van der Waals surface area (Å²) in [6, 6.07) is 11.3. The zero-order chi connectivity index (χ0) is 11.7. The second kappa shape index (κ2) is 4.36. The minimum absolute atomic E-state index is 0.635. The van der Waals surface area contributed by atoms with Crippen molar-refractivity contribution < 1.29 is 0 Å². The molecule has 0 fully saturated rings. The van der Waals surface area contributed by atoms with E-state index >= 15 is 0 Å². The topological polar surface area (TPSA) is 26.0 Å². The Bertz CT molecular complexity index is 535. The van der Waals surface area contributed by atoms with E-state index in [4.69, 9.17) is 28.9 Å². The number of anilines is 1. The highest BCUT2D eigenvalue weighted by Crippen LogP contribution is 2.33. The van der Waals surface area contributed by atoms with E-state index < -0.39 is 0 Å². The fourth-order valence-corrected chi connectivity index (χ4v) is 2.16. The lowest BCUT2D eigenvalue weighted by Gasteiger charge is -2.10. The van der Waals surface area contributed by atoms with E-state index in [0.717, 1.165) is 22.4 Å². The quantitative estimate of drug-likeness (QED) is 0.740. The first-order valence-electron chi connectivity index (χ1n) is 4.90. The fraction of sp³-hybridized carbons (Fsp3) is 0.0769. The van der Waals surface area contributed by atoms with Crippen LogP contribution in [0.4, 0.5) is 5.69 Å². The lowest BCUT2D eigenvalue weighted by molar-refractivity contribution is 1.46. The number of benzene rings is 2. The highest BCUT2D eigenvalue weighted by molar-refractivity contribution is 6.36. The third-order valence-electron chi connectivity index (χ3n) is 2.60. The third-order valence-corrected chi connectivity index (χ3v) is 3.14. The third kappa shape index (κ3) is 2.01. The minimum atomic E-state index is 0.635. The first kappa shape index (κ1) is 11.3. The summed E-state index contributed by atoms with van der Waals surface area (Å²) >= 11 is 12.0. The van der Waals surface area contributed by atoms with Gasteiger partial charge in [-0.3, -0.25) is 0 Å². The van der Waals surface area contributed by atoms with Crippen LogP contribution in [0.3, 0.4) is 0 Å². The summed E-state index contributed by atoms with van der Waals surface area (Å²) in [4.78, 5) is 0. The van der Waals surface area contributed by atoms with Crippen molar-refractivity contribution in [3.63, 3.8) is 0 Å². The predicted octanol–water partition coefficient (Wildman–Crippen LogP) is 4.55. The molecule has 0 bridgehead atoms. The van der Waals surface area contributed by atoms with E-state index in [9.17, 15) is 0 Å². The molecule has 2 aromatic carbocycles. The van der Waals surface area contributed by atoms with Gasteiger partial charge in [0.2, 0.25) is 0 Å². The van der Waals surface area contributed by atoms with E-state index in [1.54, 1.807) is 6.07 Å². The number of rotatable bonds is 1. The lowest BCUT2D eigenvalue weighted by atomic mass is 9.99. The van der Waals surface area contributed by atoms with Gasteiger partial charge in [-0.1, -0.05) is 41.4 Å². The molecule has 0 spiro atoms. The van der Waals surface area contributed by atoms with Crippen LogP contribution in [-0.4, -0.2) is 0 Å². The molecule has 0 aliphatic carbocycles. The molecule has 0 heterocycles. The van der Waals surface area contributed by atoms with Gasteiger partial charge in [0.05, 0.1) is 0 Å². The fourth-order valence-electron chi connectivity index (χ4n) is 1.65. The molecule has 0 saturated heterocycles. The molecule has 0 amide bonds. The zero-order valence-corrected chi connectivity index (χ0v) is 10.3. The molecule has 0 saturated carbocycles. The number of halogens is 2. The first-order valence-corrected chi connectivity index (χ1v) is 5.65. The molecule has 1 nitrogen and oxygen atoms in total. The van der Waals surface area contributed by atoms with Crippen LogP contribution < -0.4 is 5.73 Å². The predicted molar refractivity (Wildman–Crippen MR) is 71.0 cm³/mol.